The van der Waals surface area contributed by atoms with Crippen molar-refractivity contribution in [1.82, 2.24) is 49.0 Å². The Morgan fingerprint density at radius 3 is 1.73 bits per heavy atom. The molecule has 12 heteroatoms. The van der Waals surface area contributed by atoms with Gasteiger partial charge in [0.1, 0.15) is 40.5 Å². The number of pyridine rings is 2. The summed E-state index contributed by atoms with van der Waals surface area (Å²) < 4.78 is 4.31. The van der Waals surface area contributed by atoms with E-state index >= 15 is 0 Å². The number of aryl methyl sites for hydroxylation is 2. The number of hydrogen-bond acceptors (Lipinski definition) is 8. The second-order valence-electron chi connectivity index (χ2n) is 10.2. The quantitative estimate of drug-likeness (QED) is 0.183. The monoisotopic (exact) mass is 561 g/mol. The first-order chi connectivity index (χ1) is 20.0. The number of fused-ring (bicyclic) bond motifs is 2. The van der Waals surface area contributed by atoms with Crippen LogP contribution in [0.25, 0.3) is 49.9 Å². The highest BCUT2D eigenvalue weighted by atomic mass is 35.5. The van der Waals surface area contributed by atoms with Crippen LogP contribution < -0.4 is 0 Å². The molecule has 0 atom stereocenters. The number of halogens is 1. The van der Waals surface area contributed by atoms with Gasteiger partial charge in [-0.05, 0) is 63.8 Å². The zero-order chi connectivity index (χ0) is 28.1. The number of nitrogens with zero attached hydrogens (tertiary/aromatic N) is 11. The van der Waals surface area contributed by atoms with Crippen LogP contribution in [-0.2, 0) is 0 Å². The predicted octanol–water partition coefficient (Wildman–Crippen LogP) is 6.27. The van der Waals surface area contributed by atoms with E-state index in [1.54, 1.807) is 24.7 Å². The summed E-state index contributed by atoms with van der Waals surface area (Å²) >= 11 is 6.03. The average molecular weight is 562 g/mol. The lowest BCUT2D eigenvalue weighted by molar-refractivity contribution is 0.764. The summed E-state index contributed by atoms with van der Waals surface area (Å²) in [7, 11) is 0. The summed E-state index contributed by atoms with van der Waals surface area (Å²) in [5.74, 6) is 2.13. The number of imidazole rings is 2. The Balaban J connectivity index is 0.000000135. The second-order valence-corrected chi connectivity index (χ2v) is 10.6. The fourth-order valence-electron chi connectivity index (χ4n) is 4.93. The van der Waals surface area contributed by atoms with E-state index in [1.807, 2.05) is 32.2 Å². The Morgan fingerprint density at radius 1 is 0.732 bits per heavy atom. The van der Waals surface area contributed by atoms with Crippen LogP contribution in [0.1, 0.15) is 49.2 Å². The fraction of sp³-hybridized carbons (Fsp3) is 0.276. The van der Waals surface area contributed by atoms with Gasteiger partial charge >= 0.3 is 0 Å². The van der Waals surface area contributed by atoms with Gasteiger partial charge in [0.2, 0.25) is 0 Å². The van der Waals surface area contributed by atoms with Gasteiger partial charge in [-0.2, -0.15) is 0 Å². The SMILES string of the molecule is Cc1ncncc1-c1nc2ccc(Cl)nc2n1C1CC1.[C-]#[N+]c1ccc2nc(-c3cncnc3C)n(C3CC3)c2n1. The number of rotatable bonds is 4. The van der Waals surface area contributed by atoms with Gasteiger partial charge in [-0.3, -0.25) is 4.57 Å². The molecule has 2 aliphatic carbocycles. The number of aromatic nitrogens is 10. The van der Waals surface area contributed by atoms with Crippen molar-refractivity contribution in [2.75, 3.05) is 0 Å². The van der Waals surface area contributed by atoms with Crippen molar-refractivity contribution < 1.29 is 0 Å². The third-order valence-corrected chi connectivity index (χ3v) is 7.48. The van der Waals surface area contributed by atoms with E-state index in [2.05, 4.69) is 43.9 Å². The van der Waals surface area contributed by atoms with Crippen molar-refractivity contribution >= 4 is 39.7 Å². The lowest BCUT2D eigenvalue weighted by Crippen LogP contribution is -2.01. The third kappa shape index (κ3) is 4.66. The minimum absolute atomic E-state index is 0.400. The van der Waals surface area contributed by atoms with E-state index in [0.717, 1.165) is 82.2 Å². The summed E-state index contributed by atoms with van der Waals surface area (Å²) in [4.78, 5) is 38.4. The predicted molar refractivity (Wildman–Crippen MR) is 154 cm³/mol. The van der Waals surface area contributed by atoms with Crippen molar-refractivity contribution in [2.24, 2.45) is 0 Å². The Labute approximate surface area is 240 Å². The van der Waals surface area contributed by atoms with E-state index in [-0.39, 0.29) is 0 Å². The van der Waals surface area contributed by atoms with E-state index < -0.39 is 0 Å². The first-order valence-electron chi connectivity index (χ1n) is 13.4. The standard InChI is InChI=1S/C15H12N6.C14H12ClN5/c1-9-11(7-17-8-18-9)14-19-12-5-6-13(16-2)20-15(12)21(14)10-3-4-10;1-8-10(6-16-7-17-8)13-18-11-4-5-12(15)19-14(11)20(13)9-2-3-9/h5-8,10H,3-4H2,1H3;4-7,9H,2-3H2,1H3. The van der Waals surface area contributed by atoms with Gasteiger partial charge in [0.05, 0.1) is 22.5 Å². The van der Waals surface area contributed by atoms with Crippen LogP contribution in [0.15, 0.2) is 49.3 Å². The maximum absolute atomic E-state index is 7.13. The summed E-state index contributed by atoms with van der Waals surface area (Å²) in [6.45, 7) is 11.0. The van der Waals surface area contributed by atoms with Crippen LogP contribution in [0.2, 0.25) is 5.15 Å². The molecule has 6 heterocycles. The maximum Gasteiger partial charge on any atom is 0.271 e. The van der Waals surface area contributed by atoms with E-state index in [1.165, 1.54) is 6.33 Å². The van der Waals surface area contributed by atoms with E-state index in [4.69, 9.17) is 28.1 Å². The molecule has 2 saturated carbocycles. The first-order valence-corrected chi connectivity index (χ1v) is 13.7. The van der Waals surface area contributed by atoms with Gasteiger partial charge in [0.25, 0.3) is 11.5 Å². The van der Waals surface area contributed by atoms with Crippen LogP contribution in [0.4, 0.5) is 5.82 Å². The molecule has 11 nitrogen and oxygen atoms in total. The zero-order valence-corrected chi connectivity index (χ0v) is 23.2. The molecule has 0 aromatic carbocycles. The highest BCUT2D eigenvalue weighted by Crippen LogP contribution is 2.42. The molecule has 0 unspecified atom stereocenters. The molecule has 2 fully saturated rings. The van der Waals surface area contributed by atoms with Crippen molar-refractivity contribution in [3.63, 3.8) is 0 Å². The first kappa shape index (κ1) is 25.2. The van der Waals surface area contributed by atoms with Gasteiger partial charge in [-0.1, -0.05) is 23.2 Å². The third-order valence-electron chi connectivity index (χ3n) is 7.27. The van der Waals surface area contributed by atoms with Crippen LogP contribution in [0.3, 0.4) is 0 Å². The van der Waals surface area contributed by atoms with Crippen LogP contribution >= 0.6 is 11.6 Å². The Bertz CT molecular complexity index is 1980. The zero-order valence-electron chi connectivity index (χ0n) is 22.4. The smallest absolute Gasteiger partial charge is 0.271 e. The minimum atomic E-state index is 0.400. The molecular weight excluding hydrogens is 538 g/mol. The van der Waals surface area contributed by atoms with Crippen LogP contribution in [0, 0.1) is 20.4 Å². The van der Waals surface area contributed by atoms with Crippen molar-refractivity contribution in [3.8, 4) is 22.8 Å². The molecule has 0 N–H and O–H groups in total. The van der Waals surface area contributed by atoms with Gasteiger partial charge in [-0.15, -0.1) is 0 Å². The maximum atomic E-state index is 7.13. The molecule has 2 aliphatic rings. The summed E-state index contributed by atoms with van der Waals surface area (Å²) in [6, 6.07) is 8.12. The van der Waals surface area contributed by atoms with Gasteiger partial charge in [0.15, 0.2) is 5.65 Å². The Kier molecular flexibility index (Phi) is 6.12. The Hall–Kier alpha value is -4.82. The molecule has 202 valence electrons. The number of hydrogen-bond donors (Lipinski definition) is 0. The van der Waals surface area contributed by atoms with Gasteiger partial charge in [0, 0.05) is 24.5 Å². The summed E-state index contributed by atoms with van der Waals surface area (Å²) in [5.41, 5.74) is 6.99. The molecule has 6 aromatic heterocycles. The molecule has 0 bridgehead atoms. The molecule has 8 rings (SSSR count). The fourth-order valence-corrected chi connectivity index (χ4v) is 5.08. The molecule has 0 radical (unpaired) electrons. The molecule has 41 heavy (non-hydrogen) atoms. The van der Waals surface area contributed by atoms with Crippen molar-refractivity contribution in [2.45, 2.75) is 51.6 Å². The topological polar surface area (TPSA) is 117 Å². The molecule has 6 aromatic rings. The molecule has 0 saturated heterocycles. The van der Waals surface area contributed by atoms with Crippen LogP contribution in [0.5, 0.6) is 0 Å². The van der Waals surface area contributed by atoms with Gasteiger partial charge < -0.3 is 9.41 Å². The Morgan fingerprint density at radius 2 is 1.24 bits per heavy atom. The van der Waals surface area contributed by atoms with Crippen molar-refractivity contribution in [3.05, 3.63) is 77.3 Å². The lowest BCUT2D eigenvalue weighted by atomic mass is 10.2. The van der Waals surface area contributed by atoms with Crippen molar-refractivity contribution in [1.29, 1.82) is 0 Å². The molecule has 0 amide bonds. The summed E-state index contributed by atoms with van der Waals surface area (Å²) in [6.07, 6.45) is 11.2. The normalized spacial score (nSPS) is 14.6. The molecule has 0 spiro atoms. The molecular formula is C29H24ClN11. The lowest BCUT2D eigenvalue weighted by Gasteiger charge is -2.08. The molecule has 0 aliphatic heterocycles. The van der Waals surface area contributed by atoms with Gasteiger partial charge in [-0.25, -0.2) is 34.9 Å². The second kappa shape index (κ2) is 9.98. The van der Waals surface area contributed by atoms with Crippen LogP contribution in [-0.4, -0.2) is 49.0 Å². The minimum Gasteiger partial charge on any atom is -0.361 e. The summed E-state index contributed by atoms with van der Waals surface area (Å²) in [5, 5.41) is 0.492. The average Bonchev–Trinajstić information content (AvgIpc) is 3.93. The van der Waals surface area contributed by atoms with E-state index in [9.17, 15) is 0 Å². The highest BCUT2D eigenvalue weighted by molar-refractivity contribution is 6.29. The van der Waals surface area contributed by atoms with E-state index in [0.29, 0.717) is 23.1 Å². The largest absolute Gasteiger partial charge is 0.361 e. The highest BCUT2D eigenvalue weighted by Gasteiger charge is 2.32.